The van der Waals surface area contributed by atoms with Crippen LogP contribution in [0.4, 0.5) is 20.2 Å². The van der Waals surface area contributed by atoms with Crippen LogP contribution in [0.1, 0.15) is 70.6 Å². The largest absolute Gasteiger partial charge is 0.354 e. The number of hydrogen-bond donors (Lipinski definition) is 1. The third kappa shape index (κ3) is 7.75. The third-order valence-electron chi connectivity index (χ3n) is 10.2. The Morgan fingerprint density at radius 2 is 1.51 bits per heavy atom. The second-order valence-electron chi connectivity index (χ2n) is 13.3. The molecule has 3 aromatic carbocycles. The summed E-state index contributed by atoms with van der Waals surface area (Å²) in [6.45, 7) is 3.24. The summed E-state index contributed by atoms with van der Waals surface area (Å²) in [7, 11) is 0. The standard InChI is InChI=1S/C39H41Cl2F2N5.ClH/c40-29-23-27(13-15-31(29)42)45-35-25-36-38(48(28-14-16-32(43)30(41)24-28)37-12-4-3-11-33(37)46-36)26-34(35)44-20-8-2-1-5-17-39-18-6-9-21-47(39)22-10-7-19-39;/h3-4,11-16,23-26,45H,1-2,5-10,17-22H2;1H. The van der Waals surface area contributed by atoms with Gasteiger partial charge < -0.3 is 9.88 Å². The van der Waals surface area contributed by atoms with Crippen molar-refractivity contribution < 1.29 is 8.78 Å². The smallest absolute Gasteiger partial charge is 0.141 e. The Hall–Kier alpha value is -3.23. The van der Waals surface area contributed by atoms with Crippen LogP contribution in [0.5, 0.6) is 0 Å². The van der Waals surface area contributed by atoms with Gasteiger partial charge in [-0.1, -0.05) is 67.4 Å². The molecule has 3 heterocycles. The highest BCUT2D eigenvalue weighted by Crippen LogP contribution is 2.40. The van der Waals surface area contributed by atoms with Gasteiger partial charge in [-0.3, -0.25) is 9.89 Å². The number of para-hydroxylation sites is 2. The molecule has 4 aliphatic rings. The number of nitrogens with zero attached hydrogens (tertiary/aromatic N) is 4. The summed E-state index contributed by atoms with van der Waals surface area (Å²) >= 11 is 12.4. The first-order chi connectivity index (χ1) is 23.4. The van der Waals surface area contributed by atoms with Crippen LogP contribution in [0.3, 0.4) is 0 Å². The Bertz CT molecular complexity index is 1950. The fourth-order valence-corrected chi connectivity index (χ4v) is 8.13. The van der Waals surface area contributed by atoms with E-state index in [0.29, 0.717) is 23.5 Å². The molecule has 0 amide bonds. The molecule has 0 aromatic heterocycles. The second-order valence-corrected chi connectivity index (χ2v) is 14.1. The van der Waals surface area contributed by atoms with Crippen molar-refractivity contribution in [3.05, 3.63) is 99.8 Å². The zero-order valence-electron chi connectivity index (χ0n) is 27.5. The summed E-state index contributed by atoms with van der Waals surface area (Å²) < 4.78 is 30.3. The van der Waals surface area contributed by atoms with Gasteiger partial charge in [-0.25, -0.2) is 13.8 Å². The molecule has 0 spiro atoms. The van der Waals surface area contributed by atoms with Crippen LogP contribution in [0.2, 0.25) is 10.0 Å². The summed E-state index contributed by atoms with van der Waals surface area (Å²) in [5.74, 6) is -0.949. The van der Waals surface area contributed by atoms with E-state index in [9.17, 15) is 8.78 Å². The Kier molecular flexibility index (Phi) is 11.4. The Morgan fingerprint density at radius 3 is 2.27 bits per heavy atom. The number of halogens is 5. The van der Waals surface area contributed by atoms with E-state index in [0.717, 1.165) is 46.3 Å². The van der Waals surface area contributed by atoms with E-state index in [1.165, 1.54) is 83.0 Å². The highest BCUT2D eigenvalue weighted by atomic mass is 35.5. The van der Waals surface area contributed by atoms with E-state index in [-0.39, 0.29) is 22.5 Å². The normalized spacial score (nSPS) is 16.4. The molecule has 258 valence electrons. The maximum atomic E-state index is 14.2. The molecule has 2 fully saturated rings. The summed E-state index contributed by atoms with van der Waals surface area (Å²) in [5, 5.41) is 4.25. The molecule has 7 rings (SSSR count). The van der Waals surface area contributed by atoms with Crippen molar-refractivity contribution in [1.29, 1.82) is 0 Å². The molecular weight excluding hydrogens is 683 g/mol. The van der Waals surface area contributed by atoms with Gasteiger partial charge in [0.25, 0.3) is 0 Å². The van der Waals surface area contributed by atoms with E-state index in [1.807, 2.05) is 41.0 Å². The summed E-state index contributed by atoms with van der Waals surface area (Å²) in [6, 6.07) is 21.1. The average molecular weight is 725 g/mol. The summed E-state index contributed by atoms with van der Waals surface area (Å²) in [6.07, 6.45) is 14.1. The first-order valence-electron chi connectivity index (χ1n) is 17.3. The molecule has 0 atom stereocenters. The van der Waals surface area contributed by atoms with Crippen LogP contribution in [-0.2, 0) is 0 Å². The van der Waals surface area contributed by atoms with Gasteiger partial charge in [0.15, 0.2) is 0 Å². The van der Waals surface area contributed by atoms with Gasteiger partial charge in [0.2, 0.25) is 0 Å². The van der Waals surface area contributed by atoms with E-state index in [1.54, 1.807) is 24.3 Å². The second kappa shape index (κ2) is 15.8. The summed E-state index contributed by atoms with van der Waals surface area (Å²) in [5.41, 5.74) is 5.72. The van der Waals surface area contributed by atoms with Gasteiger partial charge in [0.05, 0.1) is 43.5 Å². The van der Waals surface area contributed by atoms with Gasteiger partial charge in [0, 0.05) is 23.5 Å². The van der Waals surface area contributed by atoms with Crippen LogP contribution < -0.4 is 10.7 Å². The SMILES string of the molecule is Cl.Fc1ccc(Nc2cc3nc4ccccc4n(-c4ccc(F)c(Cl)c4)c-3cc2=NCCCCCCC23CCCCN2CCCC3)cc1Cl. The predicted octanol–water partition coefficient (Wildman–Crippen LogP) is 11.1. The Labute approximate surface area is 303 Å². The lowest BCUT2D eigenvalue weighted by Gasteiger charge is -2.51. The number of piperidine rings is 2. The molecular formula is C39H42Cl3F2N5. The maximum Gasteiger partial charge on any atom is 0.141 e. The molecule has 0 saturated carbocycles. The quantitative estimate of drug-likeness (QED) is 0.115. The predicted molar refractivity (Wildman–Crippen MR) is 200 cm³/mol. The zero-order chi connectivity index (χ0) is 33.1. The number of nitrogens with one attached hydrogen (secondary N) is 1. The van der Waals surface area contributed by atoms with Crippen LogP contribution in [0.25, 0.3) is 28.1 Å². The highest BCUT2D eigenvalue weighted by Gasteiger charge is 2.39. The topological polar surface area (TPSA) is 45.5 Å². The van der Waals surface area contributed by atoms with Crippen molar-refractivity contribution in [2.24, 2.45) is 4.99 Å². The van der Waals surface area contributed by atoms with E-state index < -0.39 is 11.6 Å². The van der Waals surface area contributed by atoms with Gasteiger partial charge in [-0.05, 0) is 112 Å². The zero-order valence-corrected chi connectivity index (χ0v) is 29.9. The molecule has 49 heavy (non-hydrogen) atoms. The van der Waals surface area contributed by atoms with Crippen molar-refractivity contribution >= 4 is 58.0 Å². The fraction of sp³-hybridized carbons (Fsp3) is 0.385. The number of aromatic nitrogens is 2. The lowest BCUT2D eigenvalue weighted by molar-refractivity contribution is 0.00343. The molecule has 10 heteroatoms. The molecule has 2 saturated heterocycles. The van der Waals surface area contributed by atoms with Gasteiger partial charge >= 0.3 is 0 Å². The Balaban J connectivity index is 0.00000417. The number of rotatable bonds is 10. The number of benzene rings is 4. The average Bonchev–Trinajstić information content (AvgIpc) is 3.10. The first kappa shape index (κ1) is 35.6. The number of fused-ring (bicyclic) bond motifs is 3. The lowest BCUT2D eigenvalue weighted by Crippen LogP contribution is -2.54. The lowest BCUT2D eigenvalue weighted by atomic mass is 9.76. The number of hydrogen-bond acceptors (Lipinski definition) is 4. The molecule has 5 nitrogen and oxygen atoms in total. The van der Waals surface area contributed by atoms with Crippen LogP contribution in [0.15, 0.2) is 77.8 Å². The monoisotopic (exact) mass is 723 g/mol. The van der Waals surface area contributed by atoms with Crippen molar-refractivity contribution in [2.45, 2.75) is 76.2 Å². The van der Waals surface area contributed by atoms with Crippen molar-refractivity contribution in [3.63, 3.8) is 0 Å². The highest BCUT2D eigenvalue weighted by molar-refractivity contribution is 6.31. The van der Waals surface area contributed by atoms with Crippen molar-refractivity contribution in [2.75, 3.05) is 25.0 Å². The van der Waals surface area contributed by atoms with E-state index in [4.69, 9.17) is 33.2 Å². The maximum absolute atomic E-state index is 14.2. The minimum Gasteiger partial charge on any atom is -0.354 e. The number of anilines is 2. The first-order valence-corrected chi connectivity index (χ1v) is 18.0. The third-order valence-corrected chi connectivity index (χ3v) is 10.8. The molecule has 0 radical (unpaired) electrons. The minimum atomic E-state index is -0.475. The van der Waals surface area contributed by atoms with Crippen molar-refractivity contribution in [1.82, 2.24) is 14.5 Å². The van der Waals surface area contributed by atoms with Gasteiger partial charge in [-0.2, -0.15) is 0 Å². The van der Waals surface area contributed by atoms with E-state index >= 15 is 0 Å². The fourth-order valence-electron chi connectivity index (χ4n) is 7.77. The van der Waals surface area contributed by atoms with E-state index in [2.05, 4.69) is 10.2 Å². The van der Waals surface area contributed by atoms with Crippen molar-refractivity contribution in [3.8, 4) is 17.1 Å². The van der Waals surface area contributed by atoms with Crippen LogP contribution >= 0.6 is 35.6 Å². The van der Waals surface area contributed by atoms with Crippen LogP contribution in [-0.4, -0.2) is 39.6 Å². The van der Waals surface area contributed by atoms with Gasteiger partial charge in [0.1, 0.15) is 11.6 Å². The van der Waals surface area contributed by atoms with Crippen LogP contribution in [0, 0.1) is 11.6 Å². The Morgan fingerprint density at radius 1 is 0.796 bits per heavy atom. The molecule has 0 bridgehead atoms. The molecule has 1 aliphatic carbocycles. The van der Waals surface area contributed by atoms with Gasteiger partial charge in [-0.15, -0.1) is 12.4 Å². The summed E-state index contributed by atoms with van der Waals surface area (Å²) in [4.78, 5) is 12.9. The molecule has 0 unspecified atom stereocenters. The number of unbranched alkanes of at least 4 members (excludes halogenated alkanes) is 3. The molecule has 3 aliphatic heterocycles. The minimum absolute atomic E-state index is 0. The molecule has 3 aromatic rings. The molecule has 1 N–H and O–H groups in total.